The molecule has 7 rings (SSSR count). The number of piperazine rings is 1. The molecule has 1 aromatic carbocycles. The molecule has 0 spiro atoms. The number of nitrogens with zero attached hydrogens (tertiary/aromatic N) is 5. The van der Waals surface area contributed by atoms with Gasteiger partial charge in [-0.2, -0.15) is 9.97 Å². The van der Waals surface area contributed by atoms with Crippen LogP contribution < -0.4 is 49.1 Å². The first kappa shape index (κ1) is 51.5. The number of primary amides is 1. The Morgan fingerprint density at radius 3 is 2.42 bits per heavy atom. The predicted molar refractivity (Wildman–Crippen MR) is 252 cm³/mol. The monoisotopic (exact) mass is 1020 g/mol. The highest BCUT2D eigenvalue weighted by molar-refractivity contribution is 8.76. The average Bonchev–Trinajstić information content (AvgIpc) is 3.95. The molecule has 15 N–H and O–H groups in total. The standard InChI is InChI=1S/C42H50N14O13S2/c1-17-28(32(59)27-21(15-69-41(45)67)42(68-2)33-24(51-33)14-56(42)30(27)31(17)58)46-9-10-70-71-16-25(39(65)66)53-36(61)22(43)13-48-26(57)8-7-23(38(63)64)52-35(60)18-3-5-19(6-4-18)47-11-20-12-49-34-29(50-20)37(62)55-40(44)54-34/h3-6,12,21-25,33,46-47,51H,7-11,13-16,43H2,1-2H3,(H2,45,67)(H,48,57)(H,52,60)(H,53,61)(H,63,64)(H,65,66)(H3,44,49,54,55,62)/t21-,22+,23-,24?,25+,33?,42-/m1/s1. The molecular weight excluding hydrogens is 973 g/mol. The molecule has 3 aromatic rings. The van der Waals surface area contributed by atoms with E-state index >= 15 is 0 Å². The largest absolute Gasteiger partial charge is 0.492 e. The Hall–Kier alpha value is -7.34. The number of nitrogens with two attached hydrogens (primary N) is 3. The number of nitrogens with one attached hydrogen (secondary N) is 6. The molecule has 4 aliphatic rings. The first-order chi connectivity index (χ1) is 33.8. The summed E-state index contributed by atoms with van der Waals surface area (Å²) in [7, 11) is 3.82. The van der Waals surface area contributed by atoms with Crippen LogP contribution in [0.4, 0.5) is 16.4 Å². The summed E-state index contributed by atoms with van der Waals surface area (Å²) in [6.07, 6.45) is -0.289. The van der Waals surface area contributed by atoms with Crippen LogP contribution >= 0.6 is 21.6 Å². The summed E-state index contributed by atoms with van der Waals surface area (Å²) in [5.74, 6) is -6.98. The van der Waals surface area contributed by atoms with Gasteiger partial charge in [0.25, 0.3) is 5.91 Å². The third-order valence-electron chi connectivity index (χ3n) is 12.0. The molecule has 29 heteroatoms. The number of ether oxygens (including phenoxy) is 2. The first-order valence-corrected chi connectivity index (χ1v) is 24.3. The fraction of sp³-hybridized carbons (Fsp3) is 0.429. The summed E-state index contributed by atoms with van der Waals surface area (Å²) in [4.78, 5) is 119. The van der Waals surface area contributed by atoms with Crippen LogP contribution in [0.25, 0.3) is 11.2 Å². The van der Waals surface area contributed by atoms with E-state index in [9.17, 15) is 53.7 Å². The van der Waals surface area contributed by atoms with Crippen molar-refractivity contribution in [3.8, 4) is 5.88 Å². The first-order valence-electron chi connectivity index (χ1n) is 21.8. The van der Waals surface area contributed by atoms with Gasteiger partial charge in [0.15, 0.2) is 16.9 Å². The molecule has 4 amide bonds. The molecule has 71 heavy (non-hydrogen) atoms. The van der Waals surface area contributed by atoms with Crippen molar-refractivity contribution in [2.75, 3.05) is 55.9 Å². The minimum absolute atomic E-state index is 0.0379. The quantitative estimate of drug-likeness (QED) is 0.0194. The van der Waals surface area contributed by atoms with E-state index in [0.29, 0.717) is 23.7 Å². The van der Waals surface area contributed by atoms with Crippen LogP contribution in [0.2, 0.25) is 0 Å². The maximum Gasteiger partial charge on any atom is 0.404 e. The number of carboxylic acid groups (broad SMARTS) is 2. The van der Waals surface area contributed by atoms with Gasteiger partial charge in [0.05, 0.1) is 41.8 Å². The Bertz CT molecular complexity index is 2730. The molecule has 3 aliphatic heterocycles. The second-order valence-corrected chi connectivity index (χ2v) is 19.2. The number of carbonyl (C=O) groups is 8. The minimum Gasteiger partial charge on any atom is -0.492 e. The van der Waals surface area contributed by atoms with Gasteiger partial charge in [-0.05, 0) is 37.6 Å². The number of aliphatic carboxylic acids is 2. The molecule has 2 fully saturated rings. The zero-order valence-electron chi connectivity index (χ0n) is 37.9. The molecule has 378 valence electrons. The summed E-state index contributed by atoms with van der Waals surface area (Å²) in [6, 6.07) is 1.67. The van der Waals surface area contributed by atoms with Gasteiger partial charge in [0, 0.05) is 73.1 Å². The lowest BCUT2D eigenvalue weighted by molar-refractivity contribution is -0.141. The summed E-state index contributed by atoms with van der Waals surface area (Å²) < 4.78 is 11.1. The molecule has 27 nitrogen and oxygen atoms in total. The van der Waals surface area contributed by atoms with Crippen molar-refractivity contribution >= 4 is 91.7 Å². The predicted octanol–water partition coefficient (Wildman–Crippen LogP) is -2.33. The molecule has 2 unspecified atom stereocenters. The second-order valence-electron chi connectivity index (χ2n) is 16.5. The third kappa shape index (κ3) is 11.2. The van der Waals surface area contributed by atoms with Gasteiger partial charge in [0.1, 0.15) is 24.7 Å². The maximum atomic E-state index is 14.0. The average molecular weight is 1020 g/mol. The van der Waals surface area contributed by atoms with E-state index in [4.69, 9.17) is 26.7 Å². The topological polar surface area (TPSA) is 431 Å². The lowest BCUT2D eigenvalue weighted by Gasteiger charge is -2.39. The van der Waals surface area contributed by atoms with E-state index in [2.05, 4.69) is 51.8 Å². The maximum absolute atomic E-state index is 14.0. The zero-order valence-corrected chi connectivity index (χ0v) is 39.6. The van der Waals surface area contributed by atoms with Crippen LogP contribution in [0.15, 0.2) is 53.0 Å². The number of methoxy groups -OCH3 is 1. The number of carboxylic acids is 2. The normalized spacial score (nSPS) is 21.1. The summed E-state index contributed by atoms with van der Waals surface area (Å²) >= 11 is 0. The third-order valence-corrected chi connectivity index (χ3v) is 14.5. The Kier molecular flexibility index (Phi) is 15.8. The summed E-state index contributed by atoms with van der Waals surface area (Å²) in [6.45, 7) is 1.63. The Morgan fingerprint density at radius 1 is 1.00 bits per heavy atom. The highest BCUT2D eigenvalue weighted by Gasteiger charge is 2.72. The van der Waals surface area contributed by atoms with Gasteiger partial charge in [-0.3, -0.25) is 24.0 Å². The summed E-state index contributed by atoms with van der Waals surface area (Å²) in [5, 5.41) is 46.1. The number of aromatic hydroxyl groups is 1. The van der Waals surface area contributed by atoms with Crippen LogP contribution in [0, 0.1) is 5.92 Å². The number of fused-ring (bicyclic) bond motifs is 5. The molecule has 7 atom stereocenters. The Labute approximate surface area is 410 Å². The molecule has 0 radical (unpaired) electrons. The number of anilines is 2. The van der Waals surface area contributed by atoms with Gasteiger partial charge >= 0.3 is 18.0 Å². The smallest absolute Gasteiger partial charge is 0.404 e. The van der Waals surface area contributed by atoms with Crippen LogP contribution in [0.5, 0.6) is 5.88 Å². The number of hydrogen-bond donors (Lipinski definition) is 12. The van der Waals surface area contributed by atoms with Crippen LogP contribution in [-0.4, -0.2) is 168 Å². The van der Waals surface area contributed by atoms with Gasteiger partial charge < -0.3 is 78.8 Å². The van der Waals surface area contributed by atoms with Gasteiger partial charge in [0.2, 0.25) is 35.2 Å². The number of nitrogen functional groups attached to an aromatic ring is 1. The lowest BCUT2D eigenvalue weighted by atomic mass is 9.82. The number of Topliss-reactive ketones (excluding diaryl/α,β-unsaturated/α-hetero) is 2. The van der Waals surface area contributed by atoms with Crippen molar-refractivity contribution < 1.29 is 63.1 Å². The van der Waals surface area contributed by atoms with Crippen molar-refractivity contribution in [2.24, 2.45) is 17.4 Å². The van der Waals surface area contributed by atoms with Crippen molar-refractivity contribution in [1.82, 2.24) is 51.4 Å². The zero-order chi connectivity index (χ0) is 51.3. The SMILES string of the molecule is CO[C@]12C3NC3CN1C1=C(C(=O)C(NCCSSC[C@H](NC(=O)[C@@H](N)CNC(=O)CC[C@@H](NC(=O)c3ccc(NCc4cnc5nc(N)nc(O)c5n4)cc3)C(=O)O)C(=O)O)=C(C)C1=O)[C@H]2COC(N)=O. The Morgan fingerprint density at radius 2 is 1.73 bits per heavy atom. The number of allylic oxidation sites excluding steroid dienone is 2. The fourth-order valence-electron chi connectivity index (χ4n) is 8.49. The van der Waals surface area contributed by atoms with E-state index in [1.54, 1.807) is 17.0 Å². The van der Waals surface area contributed by atoms with Crippen molar-refractivity contribution in [2.45, 2.75) is 62.2 Å². The van der Waals surface area contributed by atoms with Crippen LogP contribution in [-0.2, 0) is 44.8 Å². The van der Waals surface area contributed by atoms with Gasteiger partial charge in [-0.15, -0.1) is 0 Å². The van der Waals surface area contributed by atoms with Crippen molar-refractivity contribution in [3.05, 3.63) is 64.3 Å². The second kappa shape index (κ2) is 21.7. The van der Waals surface area contributed by atoms with Crippen LogP contribution in [0.3, 0.4) is 0 Å². The molecule has 5 heterocycles. The number of benzene rings is 1. The molecule has 2 saturated heterocycles. The molecular formula is C42H50N14O13S2. The lowest BCUT2D eigenvalue weighted by Crippen LogP contribution is -2.55. The highest BCUT2D eigenvalue weighted by atomic mass is 33.1. The van der Waals surface area contributed by atoms with Crippen molar-refractivity contribution in [3.63, 3.8) is 0 Å². The number of carbonyl (C=O) groups excluding carboxylic acids is 6. The van der Waals surface area contributed by atoms with E-state index in [0.717, 1.165) is 10.8 Å². The molecule has 1 aliphatic carbocycles. The van der Waals surface area contributed by atoms with Crippen LogP contribution in [0.1, 0.15) is 35.8 Å². The van der Waals surface area contributed by atoms with E-state index < -0.39 is 83.7 Å². The summed E-state index contributed by atoms with van der Waals surface area (Å²) in [5.41, 5.74) is 17.6. The fourth-order valence-corrected chi connectivity index (χ4v) is 10.6. The Balaban J connectivity index is 0.802. The molecule has 0 bridgehead atoms. The highest BCUT2D eigenvalue weighted by Crippen LogP contribution is 2.55. The van der Waals surface area contributed by atoms with Gasteiger partial charge in [-0.25, -0.2) is 24.4 Å². The van der Waals surface area contributed by atoms with Gasteiger partial charge in [-0.1, -0.05) is 21.6 Å². The molecule has 0 saturated carbocycles. The van der Waals surface area contributed by atoms with E-state index in [1.807, 2.05) is 0 Å². The van der Waals surface area contributed by atoms with Crippen molar-refractivity contribution in [1.29, 1.82) is 0 Å². The number of aromatic nitrogens is 4. The number of hydrogen-bond acceptors (Lipinski definition) is 23. The number of amides is 4. The van der Waals surface area contributed by atoms with E-state index in [-0.39, 0.29) is 101 Å². The van der Waals surface area contributed by atoms with E-state index in [1.165, 1.54) is 43.2 Å². The number of ketones is 2. The molecule has 2 aromatic heterocycles. The number of rotatable bonds is 24. The minimum atomic E-state index is -1.46.